The van der Waals surface area contributed by atoms with Crippen LogP contribution in [-0.2, 0) is 11.2 Å². The van der Waals surface area contributed by atoms with Crippen LogP contribution in [0.3, 0.4) is 0 Å². The third-order valence-corrected chi connectivity index (χ3v) is 3.80. The molecule has 0 saturated heterocycles. The summed E-state index contributed by atoms with van der Waals surface area (Å²) in [5, 5.41) is 15.2. The number of nitrogens with one attached hydrogen (secondary N) is 1. The summed E-state index contributed by atoms with van der Waals surface area (Å²) in [6, 6.07) is 7.24. The van der Waals surface area contributed by atoms with E-state index in [1.807, 2.05) is 29.8 Å². The number of thiophene rings is 1. The quantitative estimate of drug-likeness (QED) is 0.887. The molecule has 0 spiro atoms. The Kier molecular flexibility index (Phi) is 4.53. The second kappa shape index (κ2) is 6.34. The zero-order chi connectivity index (χ0) is 14.5. The van der Waals surface area contributed by atoms with Crippen molar-refractivity contribution in [2.24, 2.45) is 0 Å². The first-order valence-electron chi connectivity index (χ1n) is 6.21. The fourth-order valence-electron chi connectivity index (χ4n) is 1.80. The number of carbonyl (C=O) groups excluding carboxylic acids is 1. The molecule has 0 atom stereocenters. The first kappa shape index (κ1) is 14.3. The lowest BCUT2D eigenvalue weighted by Crippen LogP contribution is -2.12. The predicted molar refractivity (Wildman–Crippen MR) is 79.4 cm³/mol. The van der Waals surface area contributed by atoms with Crippen molar-refractivity contribution < 1.29 is 14.7 Å². The van der Waals surface area contributed by atoms with Crippen LogP contribution in [0.1, 0.15) is 27.9 Å². The van der Waals surface area contributed by atoms with Gasteiger partial charge in [0.2, 0.25) is 0 Å². The Labute approximate surface area is 121 Å². The molecule has 1 aromatic carbocycles. The summed E-state index contributed by atoms with van der Waals surface area (Å²) in [6.45, 7) is 1.90. The van der Waals surface area contributed by atoms with Gasteiger partial charge in [0, 0.05) is 17.5 Å². The van der Waals surface area contributed by atoms with Crippen LogP contribution in [-0.4, -0.2) is 17.0 Å². The standard InChI is InChI=1S/C15H15NO3S/c1-10-8-20-9-13(10)15(19)16-12-5-2-11(3-6-12)4-7-14(17)18/h2-3,5-6,8-9H,4,7H2,1H3,(H,16,19)(H,17,18). The molecule has 5 heteroatoms. The molecule has 20 heavy (non-hydrogen) atoms. The summed E-state index contributed by atoms with van der Waals surface area (Å²) in [5.41, 5.74) is 3.30. The van der Waals surface area contributed by atoms with Gasteiger partial charge in [-0.05, 0) is 42.0 Å². The van der Waals surface area contributed by atoms with E-state index in [1.165, 1.54) is 11.3 Å². The van der Waals surface area contributed by atoms with Crippen LogP contribution in [0, 0.1) is 6.92 Å². The predicted octanol–water partition coefficient (Wildman–Crippen LogP) is 3.33. The summed E-state index contributed by atoms with van der Waals surface area (Å²) < 4.78 is 0. The van der Waals surface area contributed by atoms with E-state index in [9.17, 15) is 9.59 Å². The molecule has 2 aromatic rings. The van der Waals surface area contributed by atoms with Crippen molar-refractivity contribution in [2.45, 2.75) is 19.8 Å². The maximum absolute atomic E-state index is 12.0. The molecule has 0 aliphatic carbocycles. The lowest BCUT2D eigenvalue weighted by atomic mass is 10.1. The minimum atomic E-state index is -0.810. The molecular weight excluding hydrogens is 274 g/mol. The number of rotatable bonds is 5. The Hall–Kier alpha value is -2.14. The van der Waals surface area contributed by atoms with Crippen LogP contribution in [0.25, 0.3) is 0 Å². The number of carboxylic acid groups (broad SMARTS) is 1. The highest BCUT2D eigenvalue weighted by molar-refractivity contribution is 7.08. The molecule has 0 bridgehead atoms. The van der Waals surface area contributed by atoms with Gasteiger partial charge in [-0.1, -0.05) is 12.1 Å². The van der Waals surface area contributed by atoms with Crippen LogP contribution in [0.4, 0.5) is 5.69 Å². The second-order valence-corrected chi connectivity index (χ2v) is 5.26. The van der Waals surface area contributed by atoms with Crippen LogP contribution < -0.4 is 5.32 Å². The van der Waals surface area contributed by atoms with E-state index in [2.05, 4.69) is 5.32 Å². The van der Waals surface area contributed by atoms with Gasteiger partial charge in [-0.3, -0.25) is 9.59 Å². The summed E-state index contributed by atoms with van der Waals surface area (Å²) in [6.07, 6.45) is 0.604. The van der Waals surface area contributed by atoms with Crippen molar-refractivity contribution in [3.05, 3.63) is 51.7 Å². The number of aryl methyl sites for hydroxylation is 2. The number of carboxylic acids is 1. The van der Waals surface area contributed by atoms with Crippen molar-refractivity contribution in [1.29, 1.82) is 0 Å². The average molecular weight is 289 g/mol. The minimum Gasteiger partial charge on any atom is -0.481 e. The van der Waals surface area contributed by atoms with Crippen molar-refractivity contribution in [2.75, 3.05) is 5.32 Å². The van der Waals surface area contributed by atoms with E-state index >= 15 is 0 Å². The topological polar surface area (TPSA) is 66.4 Å². The van der Waals surface area contributed by atoms with Crippen LogP contribution in [0.2, 0.25) is 0 Å². The van der Waals surface area contributed by atoms with Crippen molar-refractivity contribution in [3.8, 4) is 0 Å². The van der Waals surface area contributed by atoms with Crippen LogP contribution >= 0.6 is 11.3 Å². The SMILES string of the molecule is Cc1cscc1C(=O)Nc1ccc(CCC(=O)O)cc1. The molecule has 0 fully saturated rings. The third-order valence-electron chi connectivity index (χ3n) is 2.94. The molecule has 1 amide bonds. The maximum Gasteiger partial charge on any atom is 0.303 e. The normalized spacial score (nSPS) is 10.2. The maximum atomic E-state index is 12.0. The molecular formula is C15H15NO3S. The van der Waals surface area contributed by atoms with Crippen molar-refractivity contribution >= 4 is 28.9 Å². The lowest BCUT2D eigenvalue weighted by molar-refractivity contribution is -0.136. The van der Waals surface area contributed by atoms with E-state index in [4.69, 9.17) is 5.11 Å². The number of hydrogen-bond donors (Lipinski definition) is 2. The van der Waals surface area contributed by atoms with Gasteiger partial charge >= 0.3 is 5.97 Å². The van der Waals surface area contributed by atoms with E-state index in [-0.39, 0.29) is 12.3 Å². The molecule has 2 N–H and O–H groups in total. The van der Waals surface area contributed by atoms with Gasteiger partial charge in [0.05, 0.1) is 5.56 Å². The van der Waals surface area contributed by atoms with Gasteiger partial charge < -0.3 is 10.4 Å². The van der Waals surface area contributed by atoms with E-state index in [1.54, 1.807) is 12.1 Å². The third kappa shape index (κ3) is 3.68. The molecule has 0 unspecified atom stereocenters. The fourth-order valence-corrected chi connectivity index (χ4v) is 2.63. The van der Waals surface area contributed by atoms with Crippen LogP contribution in [0.15, 0.2) is 35.0 Å². The van der Waals surface area contributed by atoms with Crippen molar-refractivity contribution in [1.82, 2.24) is 0 Å². The second-order valence-electron chi connectivity index (χ2n) is 4.51. The smallest absolute Gasteiger partial charge is 0.303 e. The zero-order valence-corrected chi connectivity index (χ0v) is 11.9. The van der Waals surface area contributed by atoms with Crippen molar-refractivity contribution in [3.63, 3.8) is 0 Å². The van der Waals surface area contributed by atoms with Gasteiger partial charge in [0.25, 0.3) is 5.91 Å². The van der Waals surface area contributed by atoms with Crippen LogP contribution in [0.5, 0.6) is 0 Å². The molecule has 0 radical (unpaired) electrons. The fraction of sp³-hybridized carbons (Fsp3) is 0.200. The number of amides is 1. The highest BCUT2D eigenvalue weighted by Gasteiger charge is 2.09. The summed E-state index contributed by atoms with van der Waals surface area (Å²) in [5.74, 6) is -0.933. The number of anilines is 1. The molecule has 4 nitrogen and oxygen atoms in total. The molecule has 2 rings (SSSR count). The van der Waals surface area contributed by atoms with Gasteiger partial charge in [-0.25, -0.2) is 0 Å². The Morgan fingerprint density at radius 3 is 2.45 bits per heavy atom. The molecule has 1 aromatic heterocycles. The largest absolute Gasteiger partial charge is 0.481 e. The molecule has 0 aliphatic rings. The lowest BCUT2D eigenvalue weighted by Gasteiger charge is -2.06. The summed E-state index contributed by atoms with van der Waals surface area (Å²) in [4.78, 5) is 22.5. The molecule has 0 saturated carbocycles. The van der Waals surface area contributed by atoms with E-state index in [0.29, 0.717) is 17.7 Å². The average Bonchev–Trinajstić information content (AvgIpc) is 2.84. The van der Waals surface area contributed by atoms with Gasteiger partial charge in [-0.15, -0.1) is 0 Å². The first-order valence-corrected chi connectivity index (χ1v) is 7.15. The Morgan fingerprint density at radius 2 is 1.90 bits per heavy atom. The van der Waals surface area contributed by atoms with E-state index in [0.717, 1.165) is 11.1 Å². The molecule has 1 heterocycles. The summed E-state index contributed by atoms with van der Waals surface area (Å²) >= 11 is 1.50. The number of carbonyl (C=O) groups is 2. The van der Waals surface area contributed by atoms with Gasteiger partial charge in [0.1, 0.15) is 0 Å². The Bertz CT molecular complexity index is 616. The molecule has 104 valence electrons. The Balaban J connectivity index is 1.99. The number of aliphatic carboxylic acids is 1. The van der Waals surface area contributed by atoms with E-state index < -0.39 is 5.97 Å². The highest BCUT2D eigenvalue weighted by atomic mass is 32.1. The highest BCUT2D eigenvalue weighted by Crippen LogP contribution is 2.17. The summed E-state index contributed by atoms with van der Waals surface area (Å²) in [7, 11) is 0. The minimum absolute atomic E-state index is 0.111. The monoisotopic (exact) mass is 289 g/mol. The zero-order valence-electron chi connectivity index (χ0n) is 11.1. The van der Waals surface area contributed by atoms with Gasteiger partial charge in [0.15, 0.2) is 0 Å². The van der Waals surface area contributed by atoms with Gasteiger partial charge in [-0.2, -0.15) is 11.3 Å². The number of hydrogen-bond acceptors (Lipinski definition) is 3. The first-order chi connectivity index (χ1) is 9.56. The Morgan fingerprint density at radius 1 is 1.20 bits per heavy atom. The number of benzene rings is 1. The molecule has 0 aliphatic heterocycles.